The molecule has 1 aliphatic carbocycles. The van der Waals surface area contributed by atoms with Crippen LogP contribution in [0.15, 0.2) is 33.6 Å². The summed E-state index contributed by atoms with van der Waals surface area (Å²) in [5, 5.41) is 13.0. The van der Waals surface area contributed by atoms with Gasteiger partial charge >= 0.3 is 0 Å². The van der Waals surface area contributed by atoms with E-state index in [-0.39, 0.29) is 12.1 Å². The molecule has 17 heavy (non-hydrogen) atoms. The van der Waals surface area contributed by atoms with Crippen LogP contribution < -0.4 is 5.32 Å². The third kappa shape index (κ3) is 4.28. The molecule has 1 fully saturated rings. The molecule has 0 aromatic heterocycles. The highest BCUT2D eigenvalue weighted by molar-refractivity contribution is 9.10. The van der Waals surface area contributed by atoms with Gasteiger partial charge in [-0.05, 0) is 38.0 Å². The van der Waals surface area contributed by atoms with Crippen LogP contribution in [-0.4, -0.2) is 29.0 Å². The van der Waals surface area contributed by atoms with Crippen LogP contribution in [0.2, 0.25) is 0 Å². The SMILES string of the molecule is CC(CO)(CSc1cccc(Br)c1)NC1CC1. The van der Waals surface area contributed by atoms with E-state index in [1.54, 1.807) is 11.8 Å². The summed E-state index contributed by atoms with van der Waals surface area (Å²) < 4.78 is 1.10. The van der Waals surface area contributed by atoms with E-state index < -0.39 is 0 Å². The second kappa shape index (κ2) is 5.74. The first-order chi connectivity index (χ1) is 8.11. The number of rotatable bonds is 6. The van der Waals surface area contributed by atoms with Gasteiger partial charge in [0.15, 0.2) is 0 Å². The molecule has 94 valence electrons. The fraction of sp³-hybridized carbons (Fsp3) is 0.538. The molecule has 0 bridgehead atoms. The minimum absolute atomic E-state index is 0.172. The Morgan fingerprint density at radius 2 is 2.29 bits per heavy atom. The molecule has 0 radical (unpaired) electrons. The highest BCUT2D eigenvalue weighted by atomic mass is 79.9. The highest BCUT2D eigenvalue weighted by Crippen LogP contribution is 2.28. The topological polar surface area (TPSA) is 32.3 Å². The van der Waals surface area contributed by atoms with Gasteiger partial charge in [0.25, 0.3) is 0 Å². The molecule has 0 aliphatic heterocycles. The molecule has 1 aromatic carbocycles. The summed E-state index contributed by atoms with van der Waals surface area (Å²) in [5.41, 5.74) is -0.172. The molecule has 2 rings (SSSR count). The van der Waals surface area contributed by atoms with Crippen molar-refractivity contribution in [2.24, 2.45) is 0 Å². The van der Waals surface area contributed by atoms with E-state index in [2.05, 4.69) is 40.3 Å². The molecule has 2 N–H and O–H groups in total. The maximum Gasteiger partial charge on any atom is 0.0618 e. The predicted molar refractivity (Wildman–Crippen MR) is 76.5 cm³/mol. The molecule has 0 spiro atoms. The van der Waals surface area contributed by atoms with Gasteiger partial charge in [0.2, 0.25) is 0 Å². The zero-order valence-corrected chi connectivity index (χ0v) is 12.4. The van der Waals surface area contributed by atoms with Gasteiger partial charge < -0.3 is 10.4 Å². The van der Waals surface area contributed by atoms with Crippen molar-refractivity contribution in [3.63, 3.8) is 0 Å². The quantitative estimate of drug-likeness (QED) is 0.791. The molecule has 0 heterocycles. The fourth-order valence-corrected chi connectivity index (χ4v) is 3.25. The van der Waals surface area contributed by atoms with Crippen molar-refractivity contribution in [2.45, 2.75) is 36.2 Å². The van der Waals surface area contributed by atoms with Crippen LogP contribution in [0.3, 0.4) is 0 Å². The first-order valence-corrected chi connectivity index (χ1v) is 7.66. The molecule has 1 saturated carbocycles. The lowest BCUT2D eigenvalue weighted by Gasteiger charge is -2.28. The third-order valence-electron chi connectivity index (χ3n) is 2.83. The van der Waals surface area contributed by atoms with Gasteiger partial charge in [0, 0.05) is 26.7 Å². The van der Waals surface area contributed by atoms with Gasteiger partial charge in [-0.25, -0.2) is 0 Å². The van der Waals surface area contributed by atoms with Crippen LogP contribution in [0.5, 0.6) is 0 Å². The van der Waals surface area contributed by atoms with E-state index in [9.17, 15) is 5.11 Å². The summed E-state index contributed by atoms with van der Waals surface area (Å²) in [6.45, 7) is 2.28. The molecule has 1 unspecified atom stereocenters. The van der Waals surface area contributed by atoms with Crippen LogP contribution in [-0.2, 0) is 0 Å². The Hall–Kier alpha value is -0.0300. The Balaban J connectivity index is 1.90. The molecule has 4 heteroatoms. The number of nitrogens with one attached hydrogen (secondary N) is 1. The van der Waals surface area contributed by atoms with Crippen molar-refractivity contribution >= 4 is 27.7 Å². The fourth-order valence-electron chi connectivity index (χ4n) is 1.65. The second-order valence-corrected chi connectivity index (χ2v) is 6.85. The Morgan fingerprint density at radius 1 is 1.53 bits per heavy atom. The van der Waals surface area contributed by atoms with Crippen LogP contribution in [0.4, 0.5) is 0 Å². The average molecular weight is 316 g/mol. The minimum atomic E-state index is -0.172. The van der Waals surface area contributed by atoms with Gasteiger partial charge in [-0.1, -0.05) is 22.0 Å². The van der Waals surface area contributed by atoms with E-state index in [1.165, 1.54) is 17.7 Å². The van der Waals surface area contributed by atoms with Crippen molar-refractivity contribution < 1.29 is 5.11 Å². The van der Waals surface area contributed by atoms with E-state index >= 15 is 0 Å². The molecule has 1 atom stereocenters. The Morgan fingerprint density at radius 3 is 2.88 bits per heavy atom. The zero-order valence-electron chi connectivity index (χ0n) is 9.95. The standard InChI is InChI=1S/C13H18BrNOS/c1-13(8-16,15-11-5-6-11)9-17-12-4-2-3-10(14)7-12/h2-4,7,11,15-16H,5-6,8-9H2,1H3. The van der Waals surface area contributed by atoms with E-state index in [0.29, 0.717) is 6.04 Å². The summed E-state index contributed by atoms with van der Waals surface area (Å²) in [4.78, 5) is 1.23. The number of halogens is 1. The van der Waals surface area contributed by atoms with E-state index in [4.69, 9.17) is 0 Å². The first kappa shape index (κ1) is 13.4. The maximum atomic E-state index is 9.51. The minimum Gasteiger partial charge on any atom is -0.394 e. The summed E-state index contributed by atoms with van der Waals surface area (Å²) in [7, 11) is 0. The van der Waals surface area contributed by atoms with Crippen molar-refractivity contribution in [3.8, 4) is 0 Å². The van der Waals surface area contributed by atoms with Gasteiger partial charge in [0.1, 0.15) is 0 Å². The Kier molecular flexibility index (Phi) is 4.53. The van der Waals surface area contributed by atoms with Crippen molar-refractivity contribution in [1.29, 1.82) is 0 Å². The second-order valence-electron chi connectivity index (χ2n) is 4.88. The Labute approximate surface area is 115 Å². The van der Waals surface area contributed by atoms with Crippen molar-refractivity contribution in [2.75, 3.05) is 12.4 Å². The Bertz CT molecular complexity index is 383. The van der Waals surface area contributed by atoms with E-state index in [1.807, 2.05) is 12.1 Å². The highest BCUT2D eigenvalue weighted by Gasteiger charge is 2.31. The normalized spacial score (nSPS) is 19.0. The lowest BCUT2D eigenvalue weighted by molar-refractivity contribution is 0.190. The number of benzene rings is 1. The van der Waals surface area contributed by atoms with Gasteiger partial charge in [-0.15, -0.1) is 11.8 Å². The molecule has 1 aromatic rings. The zero-order chi connectivity index (χ0) is 12.3. The van der Waals surface area contributed by atoms with Crippen LogP contribution in [0.25, 0.3) is 0 Å². The van der Waals surface area contributed by atoms with Crippen LogP contribution in [0, 0.1) is 0 Å². The van der Waals surface area contributed by atoms with Gasteiger partial charge in [0.05, 0.1) is 6.61 Å². The molecular weight excluding hydrogens is 298 g/mol. The van der Waals surface area contributed by atoms with Gasteiger partial charge in [-0.2, -0.15) is 0 Å². The summed E-state index contributed by atoms with van der Waals surface area (Å²) in [6.07, 6.45) is 2.49. The summed E-state index contributed by atoms with van der Waals surface area (Å²) >= 11 is 5.25. The maximum absolute atomic E-state index is 9.51. The number of hydrogen-bond acceptors (Lipinski definition) is 3. The number of aliphatic hydroxyl groups excluding tert-OH is 1. The van der Waals surface area contributed by atoms with Crippen molar-refractivity contribution in [3.05, 3.63) is 28.7 Å². The number of aliphatic hydroxyl groups is 1. The number of thioether (sulfide) groups is 1. The molecule has 0 amide bonds. The lowest BCUT2D eigenvalue weighted by atomic mass is 10.1. The smallest absolute Gasteiger partial charge is 0.0618 e. The monoisotopic (exact) mass is 315 g/mol. The predicted octanol–water partition coefficient (Wildman–Crippen LogP) is 3.04. The van der Waals surface area contributed by atoms with E-state index in [0.717, 1.165) is 10.2 Å². The largest absolute Gasteiger partial charge is 0.394 e. The van der Waals surface area contributed by atoms with Crippen LogP contribution >= 0.6 is 27.7 Å². The average Bonchev–Trinajstić information content (AvgIpc) is 3.11. The van der Waals surface area contributed by atoms with Crippen LogP contribution in [0.1, 0.15) is 19.8 Å². The molecule has 2 nitrogen and oxygen atoms in total. The van der Waals surface area contributed by atoms with Gasteiger partial charge in [-0.3, -0.25) is 0 Å². The summed E-state index contributed by atoms with van der Waals surface area (Å²) in [6, 6.07) is 8.90. The molecule has 1 aliphatic rings. The third-order valence-corrected chi connectivity index (χ3v) is 4.69. The summed E-state index contributed by atoms with van der Waals surface area (Å²) in [5.74, 6) is 0.885. The number of hydrogen-bond donors (Lipinski definition) is 2. The molecule has 0 saturated heterocycles. The molecular formula is C13H18BrNOS. The van der Waals surface area contributed by atoms with Crippen molar-refractivity contribution in [1.82, 2.24) is 5.32 Å². The first-order valence-electron chi connectivity index (χ1n) is 5.88. The lowest BCUT2D eigenvalue weighted by Crippen LogP contribution is -2.49.